The van der Waals surface area contributed by atoms with Gasteiger partial charge in [-0.05, 0) is 49.2 Å². The Morgan fingerprint density at radius 2 is 1.81 bits per heavy atom. The molecule has 0 saturated heterocycles. The van der Waals surface area contributed by atoms with Gasteiger partial charge in [0.25, 0.3) is 0 Å². The van der Waals surface area contributed by atoms with Gasteiger partial charge in [-0.25, -0.2) is 0 Å². The van der Waals surface area contributed by atoms with Crippen molar-refractivity contribution in [1.29, 1.82) is 0 Å². The molecule has 1 aromatic heterocycles. The monoisotopic (exact) mass is 403 g/mol. The van der Waals surface area contributed by atoms with Crippen molar-refractivity contribution in [2.24, 2.45) is 0 Å². The molecule has 3 aromatic rings. The van der Waals surface area contributed by atoms with Crippen molar-refractivity contribution >= 4 is 23.4 Å². The molecule has 2 aromatic carbocycles. The molecule has 27 heavy (non-hydrogen) atoms. The van der Waals surface area contributed by atoms with Gasteiger partial charge in [0, 0.05) is 23.1 Å². The SMILES string of the molecule is COc1ccccc1-c1nnc(SCCCCCO)n1-c1ccc(Cl)cc1. The lowest BCUT2D eigenvalue weighted by atomic mass is 10.2. The summed E-state index contributed by atoms with van der Waals surface area (Å²) in [6, 6.07) is 15.4. The van der Waals surface area contributed by atoms with E-state index in [4.69, 9.17) is 21.4 Å². The Morgan fingerprint density at radius 1 is 1.04 bits per heavy atom. The Hall–Kier alpha value is -2.02. The quantitative estimate of drug-likeness (QED) is 0.408. The molecule has 1 N–H and O–H groups in total. The second-order valence-corrected chi connectivity index (χ2v) is 7.45. The molecule has 0 aliphatic carbocycles. The van der Waals surface area contributed by atoms with Gasteiger partial charge in [0.15, 0.2) is 11.0 Å². The number of aliphatic hydroxyl groups is 1. The molecule has 0 aliphatic rings. The number of ether oxygens (including phenoxy) is 1. The van der Waals surface area contributed by atoms with Crippen LogP contribution in [0.4, 0.5) is 0 Å². The minimum absolute atomic E-state index is 0.240. The summed E-state index contributed by atoms with van der Waals surface area (Å²) in [5.74, 6) is 2.39. The lowest BCUT2D eigenvalue weighted by Crippen LogP contribution is -2.01. The Bertz CT molecular complexity index is 868. The third kappa shape index (κ3) is 4.83. The van der Waals surface area contributed by atoms with Gasteiger partial charge < -0.3 is 9.84 Å². The first-order valence-corrected chi connectivity index (χ1v) is 10.2. The van der Waals surface area contributed by atoms with Crippen LogP contribution in [-0.2, 0) is 0 Å². The van der Waals surface area contributed by atoms with Crippen molar-refractivity contribution < 1.29 is 9.84 Å². The van der Waals surface area contributed by atoms with Gasteiger partial charge in [0.2, 0.25) is 0 Å². The molecule has 1 heterocycles. The predicted molar refractivity (Wildman–Crippen MR) is 110 cm³/mol. The highest BCUT2D eigenvalue weighted by Gasteiger charge is 2.18. The number of aliphatic hydroxyl groups excluding tert-OH is 1. The van der Waals surface area contributed by atoms with E-state index in [9.17, 15) is 0 Å². The molecule has 7 heteroatoms. The molecule has 0 radical (unpaired) electrons. The Balaban J connectivity index is 1.97. The number of hydrogen-bond donors (Lipinski definition) is 1. The number of hydrogen-bond acceptors (Lipinski definition) is 5. The molecule has 0 spiro atoms. The maximum absolute atomic E-state index is 8.92. The molecule has 0 amide bonds. The average Bonchev–Trinajstić information content (AvgIpc) is 3.12. The zero-order valence-corrected chi connectivity index (χ0v) is 16.7. The lowest BCUT2D eigenvalue weighted by molar-refractivity contribution is 0.284. The highest BCUT2D eigenvalue weighted by atomic mass is 35.5. The van der Waals surface area contributed by atoms with Crippen molar-refractivity contribution in [2.45, 2.75) is 24.4 Å². The molecule has 0 fully saturated rings. The molecule has 0 aliphatic heterocycles. The molecule has 5 nitrogen and oxygen atoms in total. The number of halogens is 1. The molecule has 0 atom stereocenters. The minimum atomic E-state index is 0.240. The van der Waals surface area contributed by atoms with Gasteiger partial charge in [-0.15, -0.1) is 10.2 Å². The minimum Gasteiger partial charge on any atom is -0.496 e. The summed E-state index contributed by atoms with van der Waals surface area (Å²) < 4.78 is 7.54. The number of unbranched alkanes of at least 4 members (excludes halogenated alkanes) is 2. The van der Waals surface area contributed by atoms with E-state index in [-0.39, 0.29) is 6.61 Å². The smallest absolute Gasteiger partial charge is 0.196 e. The normalized spacial score (nSPS) is 10.9. The van der Waals surface area contributed by atoms with Gasteiger partial charge in [-0.1, -0.05) is 41.9 Å². The second kappa shape index (κ2) is 9.78. The van der Waals surface area contributed by atoms with Gasteiger partial charge >= 0.3 is 0 Å². The number of benzene rings is 2. The van der Waals surface area contributed by atoms with Crippen molar-refractivity contribution in [1.82, 2.24) is 14.8 Å². The van der Waals surface area contributed by atoms with E-state index < -0.39 is 0 Å². The van der Waals surface area contributed by atoms with Crippen LogP contribution in [0.25, 0.3) is 17.1 Å². The summed E-state index contributed by atoms with van der Waals surface area (Å²) in [5.41, 5.74) is 1.83. The fraction of sp³-hybridized carbons (Fsp3) is 0.300. The summed E-state index contributed by atoms with van der Waals surface area (Å²) in [4.78, 5) is 0. The highest BCUT2D eigenvalue weighted by Crippen LogP contribution is 2.33. The highest BCUT2D eigenvalue weighted by molar-refractivity contribution is 7.99. The van der Waals surface area contributed by atoms with Crippen LogP contribution in [0.1, 0.15) is 19.3 Å². The molecular weight excluding hydrogens is 382 g/mol. The lowest BCUT2D eigenvalue weighted by Gasteiger charge is -2.12. The standard InChI is InChI=1S/C20H22ClN3O2S/c1-26-18-8-4-3-7-17(18)19-22-23-20(27-14-6-2-5-13-25)24(19)16-11-9-15(21)10-12-16/h3-4,7-12,25H,2,5-6,13-14H2,1H3. The second-order valence-electron chi connectivity index (χ2n) is 5.95. The van der Waals surface area contributed by atoms with E-state index in [1.807, 2.05) is 53.1 Å². The zero-order chi connectivity index (χ0) is 19.1. The molecule has 142 valence electrons. The number of rotatable bonds is 9. The van der Waals surface area contributed by atoms with E-state index in [1.165, 1.54) is 0 Å². The van der Waals surface area contributed by atoms with Gasteiger partial charge in [-0.2, -0.15) is 0 Å². The van der Waals surface area contributed by atoms with Crippen LogP contribution < -0.4 is 4.74 Å². The summed E-state index contributed by atoms with van der Waals surface area (Å²) in [7, 11) is 1.65. The maximum atomic E-state index is 8.92. The molecule has 0 bridgehead atoms. The number of para-hydroxylation sites is 1. The topological polar surface area (TPSA) is 60.2 Å². The average molecular weight is 404 g/mol. The molecular formula is C20H22ClN3O2S. The Kier molecular flexibility index (Phi) is 7.15. The van der Waals surface area contributed by atoms with Crippen molar-refractivity contribution in [3.63, 3.8) is 0 Å². The fourth-order valence-electron chi connectivity index (χ4n) is 2.74. The zero-order valence-electron chi connectivity index (χ0n) is 15.1. The largest absolute Gasteiger partial charge is 0.496 e. The van der Waals surface area contributed by atoms with Crippen LogP contribution >= 0.6 is 23.4 Å². The summed E-state index contributed by atoms with van der Waals surface area (Å²) in [6.07, 6.45) is 2.84. The first kappa shape index (κ1) is 19.7. The van der Waals surface area contributed by atoms with E-state index in [1.54, 1.807) is 18.9 Å². The van der Waals surface area contributed by atoms with Gasteiger partial charge in [0.05, 0.1) is 12.7 Å². The summed E-state index contributed by atoms with van der Waals surface area (Å²) >= 11 is 7.72. The van der Waals surface area contributed by atoms with Crippen LogP contribution in [0.15, 0.2) is 53.7 Å². The van der Waals surface area contributed by atoms with E-state index >= 15 is 0 Å². The summed E-state index contributed by atoms with van der Waals surface area (Å²) in [5, 5.41) is 19.3. The van der Waals surface area contributed by atoms with Crippen LogP contribution in [0.5, 0.6) is 5.75 Å². The first-order chi connectivity index (χ1) is 13.2. The van der Waals surface area contributed by atoms with E-state index in [0.29, 0.717) is 5.02 Å². The van der Waals surface area contributed by atoms with Crippen LogP contribution in [0.2, 0.25) is 5.02 Å². The Labute approximate surface area is 168 Å². The number of methoxy groups -OCH3 is 1. The third-order valence-corrected chi connectivity index (χ3v) is 5.37. The first-order valence-electron chi connectivity index (χ1n) is 8.83. The van der Waals surface area contributed by atoms with Gasteiger partial charge in [0.1, 0.15) is 5.75 Å². The van der Waals surface area contributed by atoms with Crippen LogP contribution in [0.3, 0.4) is 0 Å². The van der Waals surface area contributed by atoms with Crippen LogP contribution in [-0.4, -0.2) is 39.3 Å². The van der Waals surface area contributed by atoms with E-state index in [2.05, 4.69) is 10.2 Å². The number of nitrogens with zero attached hydrogens (tertiary/aromatic N) is 3. The fourth-order valence-corrected chi connectivity index (χ4v) is 3.82. The molecule has 3 rings (SSSR count). The third-order valence-electron chi connectivity index (χ3n) is 4.10. The van der Waals surface area contributed by atoms with Crippen molar-refractivity contribution in [3.05, 3.63) is 53.6 Å². The molecule has 0 unspecified atom stereocenters. The Morgan fingerprint density at radius 3 is 2.56 bits per heavy atom. The summed E-state index contributed by atoms with van der Waals surface area (Å²) in [6.45, 7) is 0.240. The van der Waals surface area contributed by atoms with Crippen molar-refractivity contribution in [3.8, 4) is 22.8 Å². The van der Waals surface area contributed by atoms with Gasteiger partial charge in [-0.3, -0.25) is 4.57 Å². The number of thioether (sulfide) groups is 1. The van der Waals surface area contributed by atoms with E-state index in [0.717, 1.165) is 53.0 Å². The predicted octanol–water partition coefficient (Wildman–Crippen LogP) is 4.85. The molecule has 0 saturated carbocycles. The number of aromatic nitrogens is 3. The van der Waals surface area contributed by atoms with Crippen LogP contribution in [0, 0.1) is 0 Å². The van der Waals surface area contributed by atoms with Crippen molar-refractivity contribution in [2.75, 3.05) is 19.5 Å². The maximum Gasteiger partial charge on any atom is 0.196 e.